The molecule has 2 amide bonds. The van der Waals surface area contributed by atoms with Crippen molar-refractivity contribution in [2.24, 2.45) is 0 Å². The summed E-state index contributed by atoms with van der Waals surface area (Å²) in [5.74, 6) is -2.37. The first-order chi connectivity index (χ1) is 23.0. The number of carbonyl (C=O) groups excluding carboxylic acids is 2. The molecule has 0 radical (unpaired) electrons. The molecule has 2 aromatic heterocycles. The van der Waals surface area contributed by atoms with E-state index in [1.54, 1.807) is 79.1 Å². The quantitative estimate of drug-likeness (QED) is 0.185. The fraction of sp³-hybridized carbons (Fsp3) is 0. The van der Waals surface area contributed by atoms with Crippen molar-refractivity contribution < 1.29 is 18.4 Å². The molecule has 47 heavy (non-hydrogen) atoms. The van der Waals surface area contributed by atoms with E-state index in [1.165, 1.54) is 41.3 Å². The van der Waals surface area contributed by atoms with Crippen LogP contribution < -0.4 is 15.5 Å². The second-order valence-electron chi connectivity index (χ2n) is 10.7. The maximum absolute atomic E-state index is 15.1. The van der Waals surface area contributed by atoms with Gasteiger partial charge in [-0.3, -0.25) is 19.6 Å². The van der Waals surface area contributed by atoms with Crippen LogP contribution in [0.1, 0.15) is 20.7 Å². The molecule has 0 fully saturated rings. The standard InChI is InChI=1S/C38H25F2N5O2/c39-26-16-18-29(37(46)43-31-14-4-8-24-10-6-20-41-35(24)31)33(22-26)45(28-12-2-1-3-13-28)34-23-27(40)17-19-30(34)38(47)44-32-15-5-9-25-11-7-21-42-36(25)32/h1-23H,(H,43,46)(H,44,47). The fourth-order valence-electron chi connectivity index (χ4n) is 5.54. The van der Waals surface area contributed by atoms with E-state index < -0.39 is 23.4 Å². The van der Waals surface area contributed by atoms with Crippen LogP contribution in [0.25, 0.3) is 21.8 Å². The highest BCUT2D eigenvalue weighted by atomic mass is 19.1. The Kier molecular flexibility index (Phi) is 7.77. The maximum atomic E-state index is 15.1. The molecule has 0 spiro atoms. The summed E-state index contributed by atoms with van der Waals surface area (Å²) < 4.78 is 30.2. The lowest BCUT2D eigenvalue weighted by Crippen LogP contribution is -2.22. The molecule has 0 aliphatic rings. The number of nitrogens with one attached hydrogen (secondary N) is 2. The normalized spacial score (nSPS) is 10.9. The van der Waals surface area contributed by atoms with Gasteiger partial charge in [0.05, 0.1) is 44.9 Å². The second-order valence-corrected chi connectivity index (χ2v) is 10.7. The summed E-state index contributed by atoms with van der Waals surface area (Å²) in [6.45, 7) is 0. The van der Waals surface area contributed by atoms with Gasteiger partial charge in [-0.05, 0) is 72.8 Å². The third-order valence-corrected chi connectivity index (χ3v) is 7.67. The molecule has 0 bridgehead atoms. The number of anilines is 5. The van der Waals surface area contributed by atoms with Crippen LogP contribution in [0.15, 0.2) is 140 Å². The number of benzene rings is 5. The second kappa shape index (κ2) is 12.5. The molecule has 0 saturated heterocycles. The van der Waals surface area contributed by atoms with Crippen LogP contribution in [0.5, 0.6) is 0 Å². The Hall–Kier alpha value is -6.48. The summed E-state index contributed by atoms with van der Waals surface area (Å²) in [5, 5.41) is 7.47. The van der Waals surface area contributed by atoms with Gasteiger partial charge in [0.1, 0.15) is 11.6 Å². The molecular weight excluding hydrogens is 596 g/mol. The van der Waals surface area contributed by atoms with E-state index in [1.807, 2.05) is 24.3 Å². The zero-order valence-corrected chi connectivity index (χ0v) is 24.7. The van der Waals surface area contributed by atoms with Gasteiger partial charge in [0.25, 0.3) is 11.8 Å². The first kappa shape index (κ1) is 29.2. The average Bonchev–Trinajstić information content (AvgIpc) is 3.09. The largest absolute Gasteiger partial charge is 0.320 e. The third-order valence-electron chi connectivity index (χ3n) is 7.67. The summed E-state index contributed by atoms with van der Waals surface area (Å²) in [6, 6.07) is 34.3. The lowest BCUT2D eigenvalue weighted by atomic mass is 10.0. The number of para-hydroxylation sites is 3. The number of rotatable bonds is 7. The molecule has 7 aromatic rings. The van der Waals surface area contributed by atoms with Gasteiger partial charge in [0, 0.05) is 28.9 Å². The molecule has 2 heterocycles. The Labute approximate surface area is 268 Å². The highest BCUT2D eigenvalue weighted by Gasteiger charge is 2.26. The summed E-state index contributed by atoms with van der Waals surface area (Å²) in [6.07, 6.45) is 3.26. The van der Waals surface area contributed by atoms with Crippen molar-refractivity contribution in [3.05, 3.63) is 163 Å². The van der Waals surface area contributed by atoms with Crippen molar-refractivity contribution in [1.82, 2.24) is 9.97 Å². The third kappa shape index (κ3) is 5.85. The Bertz CT molecular complexity index is 2140. The van der Waals surface area contributed by atoms with Crippen molar-refractivity contribution in [1.29, 1.82) is 0 Å². The van der Waals surface area contributed by atoms with Crippen LogP contribution in [-0.2, 0) is 0 Å². The van der Waals surface area contributed by atoms with Gasteiger partial charge >= 0.3 is 0 Å². The van der Waals surface area contributed by atoms with Crippen LogP contribution in [0.2, 0.25) is 0 Å². The van der Waals surface area contributed by atoms with Gasteiger partial charge < -0.3 is 15.5 Å². The SMILES string of the molecule is O=C(Nc1cccc2cccnc12)c1ccc(F)cc1N(c1ccccc1)c1cc(F)ccc1C(=O)Nc1cccc2cccnc12. The molecule has 7 rings (SSSR count). The minimum Gasteiger partial charge on any atom is -0.320 e. The van der Waals surface area contributed by atoms with Gasteiger partial charge in [0.2, 0.25) is 0 Å². The number of carbonyl (C=O) groups is 2. The molecule has 0 aliphatic heterocycles. The highest BCUT2D eigenvalue weighted by molar-refractivity contribution is 6.15. The van der Waals surface area contributed by atoms with E-state index in [2.05, 4.69) is 20.6 Å². The summed E-state index contributed by atoms with van der Waals surface area (Å²) in [5.41, 5.74) is 2.90. The van der Waals surface area contributed by atoms with Crippen LogP contribution in [-0.4, -0.2) is 21.8 Å². The van der Waals surface area contributed by atoms with Gasteiger partial charge in [-0.1, -0.05) is 54.6 Å². The molecule has 0 atom stereocenters. The number of aromatic nitrogens is 2. The minimum atomic E-state index is -0.631. The van der Waals surface area contributed by atoms with Crippen LogP contribution in [0.4, 0.5) is 37.2 Å². The van der Waals surface area contributed by atoms with E-state index in [4.69, 9.17) is 0 Å². The number of halogens is 2. The van der Waals surface area contributed by atoms with Gasteiger partial charge in [-0.15, -0.1) is 0 Å². The lowest BCUT2D eigenvalue weighted by molar-refractivity contribution is 0.102. The number of pyridine rings is 2. The topological polar surface area (TPSA) is 87.2 Å². The molecular formula is C38H25F2N5O2. The Morgan fingerprint density at radius 1 is 0.532 bits per heavy atom. The van der Waals surface area contributed by atoms with Crippen molar-refractivity contribution in [2.45, 2.75) is 0 Å². The summed E-state index contributed by atoms with van der Waals surface area (Å²) >= 11 is 0. The number of hydrogen-bond acceptors (Lipinski definition) is 5. The van der Waals surface area contributed by atoms with E-state index in [0.717, 1.165) is 10.8 Å². The summed E-state index contributed by atoms with van der Waals surface area (Å²) in [4.78, 5) is 38.2. The lowest BCUT2D eigenvalue weighted by Gasteiger charge is -2.29. The molecule has 2 N–H and O–H groups in total. The Balaban J connectivity index is 1.35. The van der Waals surface area contributed by atoms with E-state index in [-0.39, 0.29) is 22.5 Å². The number of fused-ring (bicyclic) bond motifs is 2. The molecule has 0 unspecified atom stereocenters. The Morgan fingerprint density at radius 3 is 1.49 bits per heavy atom. The van der Waals surface area contributed by atoms with Crippen molar-refractivity contribution >= 4 is 62.1 Å². The number of amides is 2. The van der Waals surface area contributed by atoms with Crippen molar-refractivity contribution in [2.75, 3.05) is 15.5 Å². The van der Waals surface area contributed by atoms with Gasteiger partial charge in [-0.25, -0.2) is 8.78 Å². The van der Waals surface area contributed by atoms with E-state index in [0.29, 0.717) is 28.1 Å². The fourth-order valence-corrected chi connectivity index (χ4v) is 5.54. The monoisotopic (exact) mass is 621 g/mol. The molecule has 0 saturated carbocycles. The van der Waals surface area contributed by atoms with Crippen molar-refractivity contribution in [3.8, 4) is 0 Å². The first-order valence-corrected chi connectivity index (χ1v) is 14.7. The molecule has 7 nitrogen and oxygen atoms in total. The minimum absolute atomic E-state index is 0.0806. The van der Waals surface area contributed by atoms with Gasteiger partial charge in [0.15, 0.2) is 0 Å². The maximum Gasteiger partial charge on any atom is 0.257 e. The van der Waals surface area contributed by atoms with Crippen molar-refractivity contribution in [3.63, 3.8) is 0 Å². The molecule has 0 aliphatic carbocycles. The first-order valence-electron chi connectivity index (χ1n) is 14.7. The molecule has 228 valence electrons. The molecule has 5 aromatic carbocycles. The smallest absolute Gasteiger partial charge is 0.257 e. The van der Waals surface area contributed by atoms with Crippen LogP contribution in [0.3, 0.4) is 0 Å². The van der Waals surface area contributed by atoms with Crippen LogP contribution >= 0.6 is 0 Å². The average molecular weight is 622 g/mol. The zero-order chi connectivity index (χ0) is 32.3. The molecule has 9 heteroatoms. The van der Waals surface area contributed by atoms with Crippen LogP contribution in [0, 0.1) is 11.6 Å². The number of hydrogen-bond donors (Lipinski definition) is 2. The predicted molar refractivity (Wildman–Crippen MR) is 180 cm³/mol. The summed E-state index contributed by atoms with van der Waals surface area (Å²) in [7, 11) is 0. The predicted octanol–water partition coefficient (Wildman–Crippen LogP) is 9.04. The van der Waals surface area contributed by atoms with E-state index in [9.17, 15) is 9.59 Å². The number of nitrogens with zero attached hydrogens (tertiary/aromatic N) is 3. The highest BCUT2D eigenvalue weighted by Crippen LogP contribution is 2.40. The Morgan fingerprint density at radius 2 is 1.00 bits per heavy atom. The van der Waals surface area contributed by atoms with E-state index >= 15 is 8.78 Å². The van der Waals surface area contributed by atoms with Gasteiger partial charge in [-0.2, -0.15) is 0 Å². The zero-order valence-electron chi connectivity index (χ0n) is 24.7.